The van der Waals surface area contributed by atoms with E-state index in [0.717, 1.165) is 52.1 Å². The van der Waals surface area contributed by atoms with E-state index in [1.54, 1.807) is 0 Å². The zero-order valence-corrected chi connectivity index (χ0v) is 16.0. The first kappa shape index (κ1) is 23.7. The summed E-state index contributed by atoms with van der Waals surface area (Å²) in [5, 5.41) is 8.45. The van der Waals surface area contributed by atoms with Gasteiger partial charge in [0.05, 0.1) is 6.10 Å². The molecule has 0 heterocycles. The summed E-state index contributed by atoms with van der Waals surface area (Å²) < 4.78 is 0. The van der Waals surface area contributed by atoms with Crippen LogP contribution in [0.1, 0.15) is 40.5 Å². The molecule has 8 nitrogen and oxygen atoms in total. The predicted octanol–water partition coefficient (Wildman–Crippen LogP) is -0.239. The van der Waals surface area contributed by atoms with E-state index in [9.17, 15) is 0 Å². The minimum absolute atomic E-state index is 0.132. The van der Waals surface area contributed by atoms with Gasteiger partial charge in [0.25, 0.3) is 0 Å². The molecule has 0 aromatic carbocycles. The fraction of sp³-hybridized carbons (Fsp3) is 1.00. The van der Waals surface area contributed by atoms with Crippen molar-refractivity contribution in [2.24, 2.45) is 11.5 Å². The Morgan fingerprint density at radius 3 is 2.00 bits per heavy atom. The van der Waals surface area contributed by atoms with Crippen LogP contribution in [0.5, 0.6) is 0 Å². The Morgan fingerprint density at radius 1 is 0.875 bits per heavy atom. The molecule has 0 rings (SSSR count). The van der Waals surface area contributed by atoms with Gasteiger partial charge in [0, 0.05) is 38.3 Å². The lowest BCUT2D eigenvalue weighted by molar-refractivity contribution is -0.241. The zero-order valence-electron chi connectivity index (χ0n) is 16.0. The molecule has 2 unspecified atom stereocenters. The highest BCUT2D eigenvalue weighted by molar-refractivity contribution is 4.58. The van der Waals surface area contributed by atoms with E-state index in [1.807, 2.05) is 32.8 Å². The Bertz CT molecular complexity index is 267. The van der Waals surface area contributed by atoms with Gasteiger partial charge in [0.2, 0.25) is 0 Å². The number of hydrogen-bond acceptors (Lipinski definition) is 8. The number of nitrogens with zero attached hydrogens (tertiary/aromatic N) is 1. The van der Waals surface area contributed by atoms with Crippen LogP contribution in [0.2, 0.25) is 0 Å². The number of nitrogens with one attached hydrogen (secondary N) is 3. The second-order valence-corrected chi connectivity index (χ2v) is 6.60. The van der Waals surface area contributed by atoms with Crippen LogP contribution in [0.15, 0.2) is 0 Å². The van der Waals surface area contributed by atoms with Gasteiger partial charge < -0.3 is 22.1 Å². The molecule has 0 saturated heterocycles. The molecule has 2 atom stereocenters. The second-order valence-electron chi connectivity index (χ2n) is 6.60. The normalized spacial score (nSPS) is 14.5. The van der Waals surface area contributed by atoms with Gasteiger partial charge in [-0.2, -0.15) is 5.06 Å². The van der Waals surface area contributed by atoms with Crippen molar-refractivity contribution in [1.82, 2.24) is 21.2 Å². The summed E-state index contributed by atoms with van der Waals surface area (Å²) in [7, 11) is 0. The first-order valence-electron chi connectivity index (χ1n) is 9.10. The van der Waals surface area contributed by atoms with E-state index in [2.05, 4.69) is 16.1 Å². The van der Waals surface area contributed by atoms with Gasteiger partial charge in [-0.15, -0.1) is 0 Å². The molecular formula is C16H40N6O2. The zero-order chi connectivity index (χ0) is 18.2. The van der Waals surface area contributed by atoms with Gasteiger partial charge in [0.1, 0.15) is 6.73 Å². The summed E-state index contributed by atoms with van der Waals surface area (Å²) in [4.78, 5) is 11.2. The van der Waals surface area contributed by atoms with Gasteiger partial charge in [-0.05, 0) is 53.6 Å². The molecule has 24 heavy (non-hydrogen) atoms. The van der Waals surface area contributed by atoms with Gasteiger partial charge in [0.15, 0.2) is 0 Å². The molecule has 0 radical (unpaired) electrons. The summed E-state index contributed by atoms with van der Waals surface area (Å²) >= 11 is 0. The Labute approximate surface area is 147 Å². The molecule has 0 aromatic heterocycles. The van der Waals surface area contributed by atoms with E-state index < -0.39 is 0 Å². The van der Waals surface area contributed by atoms with Gasteiger partial charge in [-0.25, -0.2) is 5.48 Å². The number of rotatable bonds is 17. The monoisotopic (exact) mass is 348 g/mol. The van der Waals surface area contributed by atoms with Crippen molar-refractivity contribution in [3.8, 4) is 0 Å². The average Bonchev–Trinajstić information content (AvgIpc) is 2.48. The van der Waals surface area contributed by atoms with Crippen LogP contribution in [0.25, 0.3) is 0 Å². The van der Waals surface area contributed by atoms with Crippen molar-refractivity contribution in [3.05, 3.63) is 0 Å². The lowest BCUT2D eigenvalue weighted by Gasteiger charge is -2.23. The molecule has 7 N–H and O–H groups in total. The van der Waals surface area contributed by atoms with Crippen LogP contribution >= 0.6 is 0 Å². The molecule has 0 aliphatic carbocycles. The van der Waals surface area contributed by atoms with Crippen LogP contribution in [0.4, 0.5) is 0 Å². The highest BCUT2D eigenvalue weighted by Gasteiger charge is 2.08. The minimum atomic E-state index is 0.132. The lowest BCUT2D eigenvalue weighted by atomic mass is 10.3. The third-order valence-corrected chi connectivity index (χ3v) is 3.00. The third kappa shape index (κ3) is 18.0. The number of hydrogen-bond donors (Lipinski definition) is 5. The van der Waals surface area contributed by atoms with Crippen LogP contribution in [-0.4, -0.2) is 69.3 Å². The third-order valence-electron chi connectivity index (χ3n) is 3.00. The minimum Gasteiger partial charge on any atom is -0.327 e. The largest absolute Gasteiger partial charge is 0.327 e. The van der Waals surface area contributed by atoms with Crippen molar-refractivity contribution in [2.45, 2.75) is 58.7 Å². The Balaban J connectivity index is 3.64. The molecule has 0 fully saturated rings. The van der Waals surface area contributed by atoms with Crippen molar-refractivity contribution >= 4 is 0 Å². The fourth-order valence-electron chi connectivity index (χ4n) is 1.96. The molecule has 8 heteroatoms. The van der Waals surface area contributed by atoms with E-state index in [-0.39, 0.29) is 18.2 Å². The van der Waals surface area contributed by atoms with Gasteiger partial charge in [-0.3, -0.25) is 9.68 Å². The van der Waals surface area contributed by atoms with Gasteiger partial charge >= 0.3 is 0 Å². The van der Waals surface area contributed by atoms with Crippen molar-refractivity contribution in [1.29, 1.82) is 0 Å². The Kier molecular flexibility index (Phi) is 15.9. The van der Waals surface area contributed by atoms with Crippen molar-refractivity contribution < 1.29 is 9.68 Å². The van der Waals surface area contributed by atoms with Crippen LogP contribution in [-0.2, 0) is 9.68 Å². The quantitative estimate of drug-likeness (QED) is 0.139. The molecule has 0 saturated carbocycles. The molecule has 0 amide bonds. The maximum absolute atomic E-state index is 5.74. The summed E-state index contributed by atoms with van der Waals surface area (Å²) in [6.45, 7) is 13.5. The maximum atomic E-state index is 5.74. The van der Waals surface area contributed by atoms with Gasteiger partial charge in [-0.1, -0.05) is 0 Å². The van der Waals surface area contributed by atoms with Crippen molar-refractivity contribution in [3.63, 3.8) is 0 Å². The first-order valence-corrected chi connectivity index (χ1v) is 9.10. The predicted molar refractivity (Wildman–Crippen MR) is 99.2 cm³/mol. The van der Waals surface area contributed by atoms with E-state index in [1.165, 1.54) is 0 Å². The number of hydroxylamine groups is 3. The smallest absolute Gasteiger partial charge is 0.143 e. The number of nitrogens with two attached hydrogens (primary N) is 2. The van der Waals surface area contributed by atoms with E-state index in [0.29, 0.717) is 6.73 Å². The Hall–Kier alpha value is -0.320. The topological polar surface area (TPSA) is 110 Å². The summed E-state index contributed by atoms with van der Waals surface area (Å²) in [6, 6.07) is 0.376. The fourth-order valence-corrected chi connectivity index (χ4v) is 1.96. The molecular weight excluding hydrogens is 308 g/mol. The Morgan fingerprint density at radius 2 is 1.46 bits per heavy atom. The molecule has 146 valence electrons. The SMILES string of the molecule is CC(N)CNCCCNOCN(CCCNCC(C)N)OC(C)C. The van der Waals surface area contributed by atoms with Crippen LogP contribution < -0.4 is 27.6 Å². The van der Waals surface area contributed by atoms with Crippen LogP contribution in [0.3, 0.4) is 0 Å². The molecule has 0 bridgehead atoms. The summed E-state index contributed by atoms with van der Waals surface area (Å²) in [5.74, 6) is 0. The van der Waals surface area contributed by atoms with E-state index in [4.69, 9.17) is 21.1 Å². The standard InChI is InChI=1S/C16H40N6O2/c1-14(2)24-22(10-6-8-20-12-16(4)18)13-23-21-9-5-7-19-11-15(3)17/h14-16,19-21H,5-13,17-18H2,1-4H3. The second kappa shape index (κ2) is 16.2. The summed E-state index contributed by atoms with van der Waals surface area (Å²) in [6.07, 6.45) is 2.09. The summed E-state index contributed by atoms with van der Waals surface area (Å²) in [5.41, 5.74) is 14.3. The highest BCUT2D eigenvalue weighted by Crippen LogP contribution is 1.98. The van der Waals surface area contributed by atoms with Crippen molar-refractivity contribution in [2.75, 3.05) is 46.0 Å². The molecule has 0 aliphatic rings. The maximum Gasteiger partial charge on any atom is 0.143 e. The first-order chi connectivity index (χ1) is 11.4. The molecule has 0 aromatic rings. The average molecular weight is 349 g/mol. The molecule has 0 spiro atoms. The van der Waals surface area contributed by atoms with E-state index >= 15 is 0 Å². The van der Waals surface area contributed by atoms with Crippen LogP contribution in [0, 0.1) is 0 Å². The highest BCUT2D eigenvalue weighted by atomic mass is 16.7. The lowest BCUT2D eigenvalue weighted by Crippen LogP contribution is -2.37. The molecule has 0 aliphatic heterocycles.